The molecule has 4 aromatic rings. The molecule has 0 aliphatic rings. The van der Waals surface area contributed by atoms with Crippen LogP contribution < -0.4 is 5.32 Å². The molecule has 0 saturated carbocycles. The molecule has 0 amide bonds. The molecule has 2 heterocycles. The molecular weight excluding hydrogens is 452 g/mol. The van der Waals surface area contributed by atoms with Crippen LogP contribution >= 0.6 is 0 Å². The minimum atomic E-state index is -4.14. The molecule has 0 fully saturated rings. The van der Waals surface area contributed by atoms with E-state index in [0.29, 0.717) is 30.0 Å². The molecule has 178 valence electrons. The normalized spacial score (nSPS) is 11.2. The van der Waals surface area contributed by atoms with E-state index in [0.717, 1.165) is 16.5 Å². The second kappa shape index (κ2) is 10.9. The summed E-state index contributed by atoms with van der Waals surface area (Å²) < 4.78 is 48.5. The number of carboxylic acids is 1. The summed E-state index contributed by atoms with van der Waals surface area (Å²) in [7, 11) is 0. The Balaban J connectivity index is 0.000000191. The summed E-state index contributed by atoms with van der Waals surface area (Å²) in [5, 5.41) is 12.5. The molecule has 3 N–H and O–H groups in total. The van der Waals surface area contributed by atoms with Crippen LogP contribution in [0.5, 0.6) is 0 Å². The van der Waals surface area contributed by atoms with Gasteiger partial charge in [-0.15, -0.1) is 0 Å². The van der Waals surface area contributed by atoms with Crippen molar-refractivity contribution < 1.29 is 27.5 Å². The molecule has 4 rings (SSSR count). The first-order chi connectivity index (χ1) is 16.1. The fraction of sp³-hybridized carbons (Fsp3) is 0.208. The van der Waals surface area contributed by atoms with Gasteiger partial charge >= 0.3 is 12.1 Å². The lowest BCUT2D eigenvalue weighted by atomic mass is 10.1. The molecule has 0 spiro atoms. The number of alkyl halides is 3. The van der Waals surface area contributed by atoms with E-state index in [2.05, 4.69) is 20.3 Å². The zero-order chi connectivity index (χ0) is 24.7. The second-order valence-electron chi connectivity index (χ2n) is 7.39. The average Bonchev–Trinajstić information content (AvgIpc) is 3.20. The summed E-state index contributed by atoms with van der Waals surface area (Å²) in [6.07, 6.45) is -0.455. The van der Waals surface area contributed by atoms with Gasteiger partial charge in [-0.25, -0.2) is 19.2 Å². The Morgan fingerprint density at radius 3 is 2.50 bits per heavy atom. The number of nitrogens with one attached hydrogen (secondary N) is 2. The van der Waals surface area contributed by atoms with Crippen LogP contribution in [0.1, 0.15) is 21.7 Å². The number of rotatable bonds is 6. The zero-order valence-electron chi connectivity index (χ0n) is 18.2. The molecule has 0 saturated heterocycles. The van der Waals surface area contributed by atoms with Gasteiger partial charge in [0.1, 0.15) is 17.2 Å². The number of aromatic nitrogens is 3. The standard InChI is InChI=1S/C12H13F3N2.C12H9FN2O2/c13-12(14,15)8-16-6-5-9-7-17-11-4-2-1-3-10(9)11;1-7-14-6-10(12(16)17)11(15-7)8-2-4-9(13)5-3-8/h1-4,7,16-17H,5-6,8H2;2-6H,1H3,(H,16,17). The van der Waals surface area contributed by atoms with Gasteiger partial charge in [0.25, 0.3) is 0 Å². The lowest BCUT2D eigenvalue weighted by Crippen LogP contribution is -2.30. The van der Waals surface area contributed by atoms with E-state index in [1.807, 2.05) is 30.5 Å². The molecule has 6 nitrogen and oxygen atoms in total. The first-order valence-electron chi connectivity index (χ1n) is 10.3. The number of halogens is 4. The Labute approximate surface area is 192 Å². The quantitative estimate of drug-likeness (QED) is 0.266. The van der Waals surface area contributed by atoms with Gasteiger partial charge in [0.15, 0.2) is 0 Å². The van der Waals surface area contributed by atoms with Crippen LogP contribution in [0.2, 0.25) is 0 Å². The van der Waals surface area contributed by atoms with Crippen molar-refractivity contribution in [2.75, 3.05) is 13.1 Å². The number of aromatic amines is 1. The fourth-order valence-electron chi connectivity index (χ4n) is 3.25. The number of aryl methyl sites for hydroxylation is 1. The molecule has 0 atom stereocenters. The summed E-state index contributed by atoms with van der Waals surface area (Å²) >= 11 is 0. The van der Waals surface area contributed by atoms with Crippen LogP contribution in [0, 0.1) is 12.7 Å². The molecule has 34 heavy (non-hydrogen) atoms. The van der Waals surface area contributed by atoms with Gasteiger partial charge in [-0.05, 0) is 55.8 Å². The van der Waals surface area contributed by atoms with Crippen molar-refractivity contribution in [3.05, 3.63) is 83.7 Å². The summed E-state index contributed by atoms with van der Waals surface area (Å²) in [5.74, 6) is -1.02. The number of hydrogen-bond acceptors (Lipinski definition) is 4. The number of fused-ring (bicyclic) bond motifs is 1. The van der Waals surface area contributed by atoms with Gasteiger partial charge < -0.3 is 15.4 Å². The van der Waals surface area contributed by atoms with Crippen molar-refractivity contribution in [3.63, 3.8) is 0 Å². The first-order valence-corrected chi connectivity index (χ1v) is 10.3. The topological polar surface area (TPSA) is 90.9 Å². The number of H-pyrrole nitrogens is 1. The lowest BCUT2D eigenvalue weighted by molar-refractivity contribution is -0.124. The maximum atomic E-state index is 12.8. The monoisotopic (exact) mass is 474 g/mol. The Bertz CT molecular complexity index is 1250. The van der Waals surface area contributed by atoms with Crippen LogP contribution in [0.15, 0.2) is 60.9 Å². The largest absolute Gasteiger partial charge is 0.478 e. The first kappa shape index (κ1) is 24.8. The average molecular weight is 474 g/mol. The van der Waals surface area contributed by atoms with Gasteiger partial charge in [-0.2, -0.15) is 13.2 Å². The molecule has 0 bridgehead atoms. The molecule has 0 unspecified atom stereocenters. The van der Waals surface area contributed by atoms with E-state index in [1.165, 1.54) is 30.5 Å². The van der Waals surface area contributed by atoms with E-state index < -0.39 is 18.7 Å². The third-order valence-electron chi connectivity index (χ3n) is 4.83. The van der Waals surface area contributed by atoms with Gasteiger partial charge in [0, 0.05) is 28.9 Å². The van der Waals surface area contributed by atoms with Gasteiger partial charge in [-0.3, -0.25) is 0 Å². The highest BCUT2D eigenvalue weighted by molar-refractivity contribution is 5.94. The van der Waals surface area contributed by atoms with Crippen LogP contribution in [0.3, 0.4) is 0 Å². The number of aromatic carboxylic acids is 1. The Hall–Kier alpha value is -3.79. The molecule has 0 aliphatic carbocycles. The van der Waals surface area contributed by atoms with E-state index in [-0.39, 0.29) is 11.4 Å². The highest BCUT2D eigenvalue weighted by atomic mass is 19.4. The second-order valence-corrected chi connectivity index (χ2v) is 7.39. The van der Waals surface area contributed by atoms with Crippen LogP contribution in [-0.4, -0.2) is 45.3 Å². The summed E-state index contributed by atoms with van der Waals surface area (Å²) in [6, 6.07) is 13.3. The van der Waals surface area contributed by atoms with Crippen molar-refractivity contribution >= 4 is 16.9 Å². The molecule has 10 heteroatoms. The number of para-hydroxylation sites is 1. The highest BCUT2D eigenvalue weighted by Gasteiger charge is 2.25. The van der Waals surface area contributed by atoms with E-state index in [1.54, 1.807) is 6.92 Å². The van der Waals surface area contributed by atoms with Crippen molar-refractivity contribution in [2.24, 2.45) is 0 Å². The number of carbonyl (C=O) groups is 1. The van der Waals surface area contributed by atoms with Crippen molar-refractivity contribution in [1.29, 1.82) is 0 Å². The summed E-state index contributed by atoms with van der Waals surface area (Å²) in [5.41, 5.74) is 2.90. The van der Waals surface area contributed by atoms with Crippen LogP contribution in [-0.2, 0) is 6.42 Å². The van der Waals surface area contributed by atoms with E-state index in [4.69, 9.17) is 5.11 Å². The van der Waals surface area contributed by atoms with Crippen LogP contribution in [0.4, 0.5) is 17.6 Å². The van der Waals surface area contributed by atoms with Gasteiger partial charge in [0.05, 0.1) is 12.2 Å². The third-order valence-corrected chi connectivity index (χ3v) is 4.83. The van der Waals surface area contributed by atoms with Crippen LogP contribution in [0.25, 0.3) is 22.2 Å². The predicted octanol–water partition coefficient (Wildman–Crippen LogP) is 5.15. The molecule has 0 radical (unpaired) electrons. The number of carboxylic acid groups (broad SMARTS) is 1. The Morgan fingerprint density at radius 2 is 1.82 bits per heavy atom. The Kier molecular flexibility index (Phi) is 7.95. The SMILES string of the molecule is Cc1ncc(C(=O)O)c(-c2ccc(F)cc2)n1.FC(F)(F)CNCCc1c[nH]c2ccccc12. The lowest BCUT2D eigenvalue weighted by Gasteiger charge is -2.07. The highest BCUT2D eigenvalue weighted by Crippen LogP contribution is 2.21. The summed E-state index contributed by atoms with van der Waals surface area (Å²) in [4.78, 5) is 22.0. The fourth-order valence-corrected chi connectivity index (χ4v) is 3.25. The molecule has 2 aromatic carbocycles. The van der Waals surface area contributed by atoms with Crippen molar-refractivity contribution in [1.82, 2.24) is 20.3 Å². The van der Waals surface area contributed by atoms with E-state index >= 15 is 0 Å². The minimum absolute atomic E-state index is 0.00204. The van der Waals surface area contributed by atoms with Crippen molar-refractivity contribution in [3.8, 4) is 11.3 Å². The zero-order valence-corrected chi connectivity index (χ0v) is 18.2. The third kappa shape index (κ3) is 6.85. The molecule has 2 aromatic heterocycles. The number of benzene rings is 2. The molecular formula is C24H22F4N4O2. The molecule has 0 aliphatic heterocycles. The number of nitrogens with zero attached hydrogens (tertiary/aromatic N) is 2. The maximum Gasteiger partial charge on any atom is 0.401 e. The van der Waals surface area contributed by atoms with Crippen molar-refractivity contribution in [2.45, 2.75) is 19.5 Å². The number of hydrogen-bond donors (Lipinski definition) is 3. The smallest absolute Gasteiger partial charge is 0.401 e. The Morgan fingerprint density at radius 1 is 1.12 bits per heavy atom. The van der Waals surface area contributed by atoms with Gasteiger partial charge in [0.2, 0.25) is 0 Å². The minimum Gasteiger partial charge on any atom is -0.478 e. The summed E-state index contributed by atoms with van der Waals surface area (Å²) in [6.45, 7) is 1.05. The van der Waals surface area contributed by atoms with E-state index in [9.17, 15) is 22.4 Å². The predicted molar refractivity (Wildman–Crippen MR) is 120 cm³/mol. The maximum absolute atomic E-state index is 12.8. The van der Waals surface area contributed by atoms with Gasteiger partial charge in [-0.1, -0.05) is 18.2 Å².